The standard InChI is InChI=1S/C18H29N5O3/c1-5-22(6-2)16-12-15(19-13(4)20-16)17(24)21-14-8-10-23(11-9-14)18(25)26-7-3/h12,14H,5-11H2,1-4H3,(H,21,24). The van der Waals surface area contributed by atoms with Crippen molar-refractivity contribution in [2.24, 2.45) is 0 Å². The molecule has 2 amide bonds. The summed E-state index contributed by atoms with van der Waals surface area (Å²) in [6.45, 7) is 10.9. The number of nitrogens with one attached hydrogen (secondary N) is 1. The van der Waals surface area contributed by atoms with Crippen molar-refractivity contribution in [1.82, 2.24) is 20.2 Å². The molecule has 1 fully saturated rings. The van der Waals surface area contributed by atoms with Gasteiger partial charge >= 0.3 is 6.09 Å². The molecule has 0 spiro atoms. The number of likely N-dealkylation sites (tertiary alicyclic amines) is 1. The van der Waals surface area contributed by atoms with Gasteiger partial charge in [0, 0.05) is 38.3 Å². The quantitative estimate of drug-likeness (QED) is 0.831. The summed E-state index contributed by atoms with van der Waals surface area (Å²) in [6, 6.07) is 1.77. The van der Waals surface area contributed by atoms with E-state index < -0.39 is 0 Å². The largest absolute Gasteiger partial charge is 0.450 e. The number of ether oxygens (including phenoxy) is 1. The maximum absolute atomic E-state index is 12.6. The molecule has 1 aliphatic rings. The maximum Gasteiger partial charge on any atom is 0.409 e. The fourth-order valence-corrected chi connectivity index (χ4v) is 3.06. The summed E-state index contributed by atoms with van der Waals surface area (Å²) < 4.78 is 5.02. The van der Waals surface area contributed by atoms with E-state index in [1.165, 1.54) is 0 Å². The fourth-order valence-electron chi connectivity index (χ4n) is 3.06. The Bertz CT molecular complexity index is 625. The van der Waals surface area contributed by atoms with E-state index in [2.05, 4.69) is 34.0 Å². The monoisotopic (exact) mass is 363 g/mol. The van der Waals surface area contributed by atoms with Crippen LogP contribution in [-0.4, -0.2) is 65.7 Å². The van der Waals surface area contributed by atoms with E-state index in [1.807, 2.05) is 0 Å². The Kier molecular flexibility index (Phi) is 7.17. The van der Waals surface area contributed by atoms with E-state index in [0.29, 0.717) is 44.1 Å². The number of amides is 2. The molecule has 2 rings (SSSR count). The lowest BCUT2D eigenvalue weighted by molar-refractivity contribution is 0.0856. The summed E-state index contributed by atoms with van der Waals surface area (Å²) in [6.07, 6.45) is 1.13. The Labute approximate surface area is 154 Å². The first-order chi connectivity index (χ1) is 12.5. The number of hydrogen-bond acceptors (Lipinski definition) is 6. The average molecular weight is 363 g/mol. The van der Waals surface area contributed by atoms with Crippen LogP contribution < -0.4 is 10.2 Å². The first kappa shape index (κ1) is 19.9. The number of aryl methyl sites for hydroxylation is 1. The number of aromatic nitrogens is 2. The van der Waals surface area contributed by atoms with Gasteiger partial charge in [-0.15, -0.1) is 0 Å². The lowest BCUT2D eigenvalue weighted by Crippen LogP contribution is -2.46. The van der Waals surface area contributed by atoms with Crippen LogP contribution in [0.5, 0.6) is 0 Å². The lowest BCUT2D eigenvalue weighted by atomic mass is 10.1. The highest BCUT2D eigenvalue weighted by atomic mass is 16.6. The Morgan fingerprint density at radius 2 is 1.88 bits per heavy atom. The smallest absolute Gasteiger partial charge is 0.409 e. The van der Waals surface area contributed by atoms with Crippen LogP contribution in [0.25, 0.3) is 0 Å². The minimum atomic E-state index is -0.285. The number of rotatable bonds is 6. The Hall–Kier alpha value is -2.38. The molecule has 0 aromatic carbocycles. The molecule has 1 saturated heterocycles. The molecule has 26 heavy (non-hydrogen) atoms. The van der Waals surface area contributed by atoms with Crippen LogP contribution in [0.3, 0.4) is 0 Å². The van der Waals surface area contributed by atoms with Crippen molar-refractivity contribution < 1.29 is 14.3 Å². The van der Waals surface area contributed by atoms with E-state index in [9.17, 15) is 9.59 Å². The predicted molar refractivity (Wildman–Crippen MR) is 99.4 cm³/mol. The molecule has 0 saturated carbocycles. The molecule has 8 nitrogen and oxygen atoms in total. The molecule has 2 heterocycles. The van der Waals surface area contributed by atoms with Crippen LogP contribution >= 0.6 is 0 Å². The first-order valence-electron chi connectivity index (χ1n) is 9.31. The molecule has 0 atom stereocenters. The van der Waals surface area contributed by atoms with Crippen LogP contribution in [0, 0.1) is 6.92 Å². The molecular weight excluding hydrogens is 334 g/mol. The molecule has 0 aliphatic carbocycles. The van der Waals surface area contributed by atoms with Crippen molar-refractivity contribution in [2.75, 3.05) is 37.7 Å². The molecular formula is C18H29N5O3. The highest BCUT2D eigenvalue weighted by molar-refractivity contribution is 5.93. The van der Waals surface area contributed by atoms with Gasteiger partial charge in [0.25, 0.3) is 5.91 Å². The molecule has 0 radical (unpaired) electrons. The molecule has 0 bridgehead atoms. The van der Waals surface area contributed by atoms with Gasteiger partial charge in [0.15, 0.2) is 0 Å². The Balaban J connectivity index is 1.97. The second kappa shape index (κ2) is 9.35. The number of piperidine rings is 1. The lowest BCUT2D eigenvalue weighted by Gasteiger charge is -2.31. The minimum Gasteiger partial charge on any atom is -0.450 e. The number of nitrogens with zero attached hydrogens (tertiary/aromatic N) is 4. The van der Waals surface area contributed by atoms with E-state index in [1.54, 1.807) is 24.8 Å². The number of carbonyl (C=O) groups is 2. The summed E-state index contributed by atoms with van der Waals surface area (Å²) in [5.74, 6) is 1.15. The zero-order chi connectivity index (χ0) is 19.1. The molecule has 1 N–H and O–H groups in total. The number of carbonyl (C=O) groups excluding carboxylic acids is 2. The van der Waals surface area contributed by atoms with Gasteiger partial charge in [-0.05, 0) is 40.5 Å². The third-order valence-corrected chi connectivity index (χ3v) is 4.50. The van der Waals surface area contributed by atoms with Crippen LogP contribution in [-0.2, 0) is 4.74 Å². The zero-order valence-corrected chi connectivity index (χ0v) is 16.1. The summed E-state index contributed by atoms with van der Waals surface area (Å²) in [5, 5.41) is 3.03. The van der Waals surface area contributed by atoms with Gasteiger partial charge in [0.05, 0.1) is 6.61 Å². The van der Waals surface area contributed by atoms with Gasteiger partial charge in [-0.3, -0.25) is 4.79 Å². The van der Waals surface area contributed by atoms with Crippen LogP contribution in [0.15, 0.2) is 6.07 Å². The molecule has 0 unspecified atom stereocenters. The van der Waals surface area contributed by atoms with Gasteiger partial charge in [0.2, 0.25) is 0 Å². The molecule has 1 aromatic heterocycles. The van der Waals surface area contributed by atoms with Gasteiger partial charge < -0.3 is 19.9 Å². The molecule has 1 aromatic rings. The molecule has 1 aliphatic heterocycles. The second-order valence-electron chi connectivity index (χ2n) is 6.26. The SMILES string of the molecule is CCOC(=O)N1CCC(NC(=O)c2cc(N(CC)CC)nc(C)n2)CC1. The van der Waals surface area contributed by atoms with Crippen LogP contribution in [0.2, 0.25) is 0 Å². The van der Waals surface area contributed by atoms with Crippen molar-refractivity contribution in [3.63, 3.8) is 0 Å². The van der Waals surface area contributed by atoms with Crippen molar-refractivity contribution in [2.45, 2.75) is 46.6 Å². The van der Waals surface area contributed by atoms with E-state index >= 15 is 0 Å². The summed E-state index contributed by atoms with van der Waals surface area (Å²) >= 11 is 0. The van der Waals surface area contributed by atoms with Crippen LogP contribution in [0.4, 0.5) is 10.6 Å². The Morgan fingerprint density at radius 3 is 2.46 bits per heavy atom. The molecule has 8 heteroatoms. The van der Waals surface area contributed by atoms with Crippen molar-refractivity contribution in [1.29, 1.82) is 0 Å². The minimum absolute atomic E-state index is 0.0281. The number of hydrogen-bond donors (Lipinski definition) is 1. The normalized spacial score (nSPS) is 14.8. The van der Waals surface area contributed by atoms with Crippen molar-refractivity contribution >= 4 is 17.8 Å². The zero-order valence-electron chi connectivity index (χ0n) is 16.1. The molecule has 144 valence electrons. The Morgan fingerprint density at radius 1 is 1.23 bits per heavy atom. The highest BCUT2D eigenvalue weighted by Crippen LogP contribution is 2.15. The number of anilines is 1. The third kappa shape index (κ3) is 5.06. The average Bonchev–Trinajstić information content (AvgIpc) is 2.63. The van der Waals surface area contributed by atoms with Gasteiger partial charge in [-0.1, -0.05) is 0 Å². The summed E-state index contributed by atoms with van der Waals surface area (Å²) in [5.41, 5.74) is 0.382. The van der Waals surface area contributed by atoms with Gasteiger partial charge in [-0.2, -0.15) is 0 Å². The highest BCUT2D eigenvalue weighted by Gasteiger charge is 2.25. The van der Waals surface area contributed by atoms with Gasteiger partial charge in [0.1, 0.15) is 17.3 Å². The fraction of sp³-hybridized carbons (Fsp3) is 0.667. The van der Waals surface area contributed by atoms with E-state index in [-0.39, 0.29) is 18.0 Å². The summed E-state index contributed by atoms with van der Waals surface area (Å²) in [4.78, 5) is 36.8. The van der Waals surface area contributed by atoms with Crippen molar-refractivity contribution in [3.8, 4) is 0 Å². The van der Waals surface area contributed by atoms with E-state index in [4.69, 9.17) is 4.74 Å². The third-order valence-electron chi connectivity index (χ3n) is 4.50. The van der Waals surface area contributed by atoms with E-state index in [0.717, 1.165) is 18.9 Å². The topological polar surface area (TPSA) is 87.7 Å². The predicted octanol–water partition coefficient (Wildman–Crippen LogP) is 1.98. The van der Waals surface area contributed by atoms with Crippen molar-refractivity contribution in [3.05, 3.63) is 17.6 Å². The first-order valence-corrected chi connectivity index (χ1v) is 9.31. The summed E-state index contributed by atoms with van der Waals surface area (Å²) in [7, 11) is 0. The van der Waals surface area contributed by atoms with Crippen LogP contribution in [0.1, 0.15) is 49.9 Å². The maximum atomic E-state index is 12.6. The second-order valence-corrected chi connectivity index (χ2v) is 6.26. The van der Waals surface area contributed by atoms with Gasteiger partial charge in [-0.25, -0.2) is 14.8 Å².